The Hall–Kier alpha value is -0.940. The van der Waals surface area contributed by atoms with Gasteiger partial charge in [-0.05, 0) is 32.4 Å². The van der Waals surface area contributed by atoms with Crippen molar-refractivity contribution in [1.82, 2.24) is 25.0 Å². The van der Waals surface area contributed by atoms with Crippen molar-refractivity contribution < 1.29 is 0 Å². The Balaban J connectivity index is 1.94. The van der Waals surface area contributed by atoms with Crippen LogP contribution in [-0.4, -0.2) is 45.3 Å². The van der Waals surface area contributed by atoms with Crippen LogP contribution in [0.25, 0.3) is 0 Å². The molecule has 2 rings (SSSR count). The van der Waals surface area contributed by atoms with E-state index in [1.54, 1.807) is 6.33 Å². The highest BCUT2D eigenvalue weighted by Crippen LogP contribution is 2.09. The summed E-state index contributed by atoms with van der Waals surface area (Å²) in [5, 5.41) is 7.96. The fraction of sp³-hybridized carbons (Fsp3) is 0.857. The topological polar surface area (TPSA) is 46.0 Å². The second-order valence-corrected chi connectivity index (χ2v) is 5.43. The normalized spacial score (nSPS) is 21.5. The van der Waals surface area contributed by atoms with E-state index in [1.165, 1.54) is 19.3 Å². The van der Waals surface area contributed by atoms with Gasteiger partial charge in [0.1, 0.15) is 12.2 Å². The van der Waals surface area contributed by atoms with Gasteiger partial charge in [0.15, 0.2) is 0 Å². The van der Waals surface area contributed by atoms with Crippen molar-refractivity contribution >= 4 is 0 Å². The molecule has 1 aliphatic rings. The molecule has 2 heterocycles. The first-order valence-electron chi connectivity index (χ1n) is 7.66. The average Bonchev–Trinajstić information content (AvgIpc) is 2.70. The third-order valence-electron chi connectivity index (χ3n) is 3.70. The first-order chi connectivity index (χ1) is 9.33. The van der Waals surface area contributed by atoms with Crippen molar-refractivity contribution in [3.05, 3.63) is 12.2 Å². The Morgan fingerprint density at radius 3 is 3.05 bits per heavy atom. The van der Waals surface area contributed by atoms with E-state index in [-0.39, 0.29) is 0 Å². The SMILES string of the molecule is CCCC1CN(Cc2ncnn2CCC)CCCN1. The lowest BCUT2D eigenvalue weighted by Crippen LogP contribution is -2.37. The quantitative estimate of drug-likeness (QED) is 0.849. The first-order valence-corrected chi connectivity index (χ1v) is 7.66. The van der Waals surface area contributed by atoms with Gasteiger partial charge in [-0.25, -0.2) is 9.67 Å². The molecule has 0 spiro atoms. The van der Waals surface area contributed by atoms with Gasteiger partial charge in [-0.15, -0.1) is 0 Å². The third-order valence-corrected chi connectivity index (χ3v) is 3.70. The van der Waals surface area contributed by atoms with E-state index in [2.05, 4.69) is 34.1 Å². The molecule has 0 bridgehead atoms. The van der Waals surface area contributed by atoms with E-state index in [4.69, 9.17) is 0 Å². The number of hydrogen-bond donors (Lipinski definition) is 1. The molecule has 1 N–H and O–H groups in total. The summed E-state index contributed by atoms with van der Waals surface area (Å²) in [7, 11) is 0. The molecule has 5 heteroatoms. The van der Waals surface area contributed by atoms with Crippen LogP contribution in [0.1, 0.15) is 45.4 Å². The molecular weight excluding hydrogens is 238 g/mol. The van der Waals surface area contributed by atoms with E-state index < -0.39 is 0 Å². The number of aromatic nitrogens is 3. The van der Waals surface area contributed by atoms with Crippen LogP contribution in [0.2, 0.25) is 0 Å². The Labute approximate surface area is 116 Å². The fourth-order valence-electron chi connectivity index (χ4n) is 2.77. The summed E-state index contributed by atoms with van der Waals surface area (Å²) in [6, 6.07) is 0.634. The first kappa shape index (κ1) is 14.5. The van der Waals surface area contributed by atoms with Gasteiger partial charge >= 0.3 is 0 Å². The Morgan fingerprint density at radius 1 is 1.37 bits per heavy atom. The molecule has 5 nitrogen and oxygen atoms in total. The maximum absolute atomic E-state index is 4.42. The van der Waals surface area contributed by atoms with Gasteiger partial charge in [0, 0.05) is 19.1 Å². The van der Waals surface area contributed by atoms with E-state index in [1.807, 2.05) is 4.68 Å². The molecule has 1 unspecified atom stereocenters. The summed E-state index contributed by atoms with van der Waals surface area (Å²) in [6.07, 6.45) is 6.53. The number of hydrogen-bond acceptors (Lipinski definition) is 4. The van der Waals surface area contributed by atoms with Gasteiger partial charge < -0.3 is 5.32 Å². The van der Waals surface area contributed by atoms with Gasteiger partial charge in [-0.3, -0.25) is 4.90 Å². The lowest BCUT2D eigenvalue weighted by Gasteiger charge is -2.23. The van der Waals surface area contributed by atoms with Crippen molar-refractivity contribution in [2.45, 2.75) is 58.7 Å². The lowest BCUT2D eigenvalue weighted by molar-refractivity contribution is 0.244. The van der Waals surface area contributed by atoms with Crippen LogP contribution in [0.4, 0.5) is 0 Å². The Bertz CT molecular complexity index is 362. The van der Waals surface area contributed by atoms with E-state index in [0.717, 1.165) is 45.0 Å². The van der Waals surface area contributed by atoms with Crippen LogP contribution < -0.4 is 5.32 Å². The third kappa shape index (κ3) is 4.28. The van der Waals surface area contributed by atoms with Crippen LogP contribution in [0, 0.1) is 0 Å². The smallest absolute Gasteiger partial charge is 0.141 e. The molecule has 1 aliphatic heterocycles. The predicted octanol–water partition coefficient (Wildman–Crippen LogP) is 1.65. The highest BCUT2D eigenvalue weighted by atomic mass is 15.3. The number of nitrogens with zero attached hydrogens (tertiary/aromatic N) is 4. The van der Waals surface area contributed by atoms with Crippen molar-refractivity contribution in [3.8, 4) is 0 Å². The molecule has 1 saturated heterocycles. The van der Waals surface area contributed by atoms with Gasteiger partial charge in [0.25, 0.3) is 0 Å². The van der Waals surface area contributed by atoms with E-state index in [9.17, 15) is 0 Å². The molecule has 1 aromatic heterocycles. The van der Waals surface area contributed by atoms with Crippen molar-refractivity contribution in [2.24, 2.45) is 0 Å². The summed E-state index contributed by atoms with van der Waals surface area (Å²) in [5.41, 5.74) is 0. The van der Waals surface area contributed by atoms with Gasteiger partial charge in [-0.1, -0.05) is 20.3 Å². The molecule has 108 valence electrons. The summed E-state index contributed by atoms with van der Waals surface area (Å²) in [5.74, 6) is 1.11. The highest BCUT2D eigenvalue weighted by Gasteiger charge is 2.18. The Kier molecular flexibility index (Phi) is 5.79. The van der Waals surface area contributed by atoms with Crippen molar-refractivity contribution in [2.75, 3.05) is 19.6 Å². The molecule has 1 fully saturated rings. The van der Waals surface area contributed by atoms with Crippen molar-refractivity contribution in [1.29, 1.82) is 0 Å². The zero-order valence-electron chi connectivity index (χ0n) is 12.3. The maximum Gasteiger partial charge on any atom is 0.141 e. The molecule has 19 heavy (non-hydrogen) atoms. The molecule has 1 atom stereocenters. The van der Waals surface area contributed by atoms with Crippen LogP contribution in [-0.2, 0) is 13.1 Å². The minimum absolute atomic E-state index is 0.634. The van der Waals surface area contributed by atoms with Gasteiger partial charge in [-0.2, -0.15) is 5.10 Å². The number of aryl methyl sites for hydroxylation is 1. The molecule has 0 amide bonds. The molecule has 1 aromatic rings. The highest BCUT2D eigenvalue weighted by molar-refractivity contribution is 4.87. The zero-order chi connectivity index (χ0) is 13.5. The van der Waals surface area contributed by atoms with E-state index >= 15 is 0 Å². The van der Waals surface area contributed by atoms with Crippen LogP contribution in [0.15, 0.2) is 6.33 Å². The predicted molar refractivity (Wildman–Crippen MR) is 76.9 cm³/mol. The summed E-state index contributed by atoms with van der Waals surface area (Å²) < 4.78 is 2.05. The van der Waals surface area contributed by atoms with Gasteiger partial charge in [0.2, 0.25) is 0 Å². The van der Waals surface area contributed by atoms with Crippen LogP contribution in [0.5, 0.6) is 0 Å². The zero-order valence-corrected chi connectivity index (χ0v) is 12.3. The second kappa shape index (κ2) is 7.60. The molecular formula is C14H27N5. The van der Waals surface area contributed by atoms with Crippen molar-refractivity contribution in [3.63, 3.8) is 0 Å². The minimum Gasteiger partial charge on any atom is -0.313 e. The number of nitrogens with one attached hydrogen (secondary N) is 1. The monoisotopic (exact) mass is 265 g/mol. The summed E-state index contributed by atoms with van der Waals surface area (Å²) in [4.78, 5) is 6.94. The molecule has 0 aromatic carbocycles. The standard InChI is InChI=1S/C14H27N5/c1-3-6-13-10-18(9-5-7-15-13)11-14-16-12-17-19(14)8-4-2/h12-13,15H,3-11H2,1-2H3. The fourth-order valence-corrected chi connectivity index (χ4v) is 2.77. The van der Waals surface area contributed by atoms with Crippen LogP contribution >= 0.6 is 0 Å². The second-order valence-electron chi connectivity index (χ2n) is 5.43. The summed E-state index contributed by atoms with van der Waals surface area (Å²) >= 11 is 0. The van der Waals surface area contributed by atoms with E-state index in [0.29, 0.717) is 6.04 Å². The largest absolute Gasteiger partial charge is 0.313 e. The lowest BCUT2D eigenvalue weighted by atomic mass is 10.1. The molecule has 0 saturated carbocycles. The number of rotatable bonds is 6. The molecule has 0 radical (unpaired) electrons. The van der Waals surface area contributed by atoms with Crippen LogP contribution in [0.3, 0.4) is 0 Å². The van der Waals surface area contributed by atoms with Gasteiger partial charge in [0.05, 0.1) is 6.54 Å². The summed E-state index contributed by atoms with van der Waals surface area (Å²) in [6.45, 7) is 9.77. The minimum atomic E-state index is 0.634. The average molecular weight is 265 g/mol. The maximum atomic E-state index is 4.42. The Morgan fingerprint density at radius 2 is 2.26 bits per heavy atom. The molecule has 0 aliphatic carbocycles.